The summed E-state index contributed by atoms with van der Waals surface area (Å²) in [6.07, 6.45) is 1.34. The van der Waals surface area contributed by atoms with Gasteiger partial charge in [0.25, 0.3) is 5.91 Å². The van der Waals surface area contributed by atoms with E-state index in [1.54, 1.807) is 7.05 Å². The number of nitrogen functional groups attached to an aromatic ring is 1. The van der Waals surface area contributed by atoms with E-state index in [-0.39, 0.29) is 11.4 Å². The van der Waals surface area contributed by atoms with E-state index < -0.39 is 11.7 Å². The molecule has 1 aromatic carbocycles. The summed E-state index contributed by atoms with van der Waals surface area (Å²) < 4.78 is 14.0. The van der Waals surface area contributed by atoms with E-state index in [4.69, 9.17) is 5.84 Å². The van der Waals surface area contributed by atoms with Crippen LogP contribution in [0, 0.1) is 12.7 Å². The molecule has 0 bridgehead atoms. The van der Waals surface area contributed by atoms with Crippen LogP contribution in [0.3, 0.4) is 0 Å². The number of benzene rings is 1. The number of rotatable bonds is 4. The Morgan fingerprint density at radius 2 is 2.10 bits per heavy atom. The van der Waals surface area contributed by atoms with Crippen molar-refractivity contribution in [2.75, 3.05) is 12.5 Å². The molecule has 6 heteroatoms. The number of hydrazine groups is 1. The van der Waals surface area contributed by atoms with Crippen molar-refractivity contribution in [2.24, 2.45) is 5.84 Å². The van der Waals surface area contributed by atoms with Crippen molar-refractivity contribution in [2.45, 2.75) is 13.5 Å². The summed E-state index contributed by atoms with van der Waals surface area (Å²) in [5.74, 6) is 3.84. The molecule has 2 rings (SSSR count). The fourth-order valence-electron chi connectivity index (χ4n) is 2.03. The molecular weight excluding hydrogens is 271 g/mol. The van der Waals surface area contributed by atoms with Crippen molar-refractivity contribution >= 4 is 11.7 Å². The molecule has 2 aromatic rings. The number of carbonyl (C=O) groups excluding carboxylic acids is 1. The molecule has 0 radical (unpaired) electrons. The average molecular weight is 288 g/mol. The summed E-state index contributed by atoms with van der Waals surface area (Å²) in [5, 5.41) is 0. The molecule has 0 aliphatic carbocycles. The Morgan fingerprint density at radius 1 is 1.38 bits per heavy atom. The van der Waals surface area contributed by atoms with Gasteiger partial charge in [0, 0.05) is 19.8 Å². The normalized spacial score (nSPS) is 10.3. The van der Waals surface area contributed by atoms with E-state index in [9.17, 15) is 9.18 Å². The lowest BCUT2D eigenvalue weighted by Gasteiger charge is -2.19. The van der Waals surface area contributed by atoms with E-state index in [1.807, 2.05) is 31.2 Å². The van der Waals surface area contributed by atoms with Gasteiger partial charge in [0.15, 0.2) is 11.6 Å². The van der Waals surface area contributed by atoms with Gasteiger partial charge in [-0.05, 0) is 24.1 Å². The maximum atomic E-state index is 14.0. The molecule has 0 aliphatic rings. The molecule has 0 atom stereocenters. The quantitative estimate of drug-likeness (QED) is 0.667. The van der Waals surface area contributed by atoms with Gasteiger partial charge < -0.3 is 10.3 Å². The summed E-state index contributed by atoms with van der Waals surface area (Å²) in [6, 6.07) is 9.09. The number of halogens is 1. The predicted molar refractivity (Wildman–Crippen MR) is 79.0 cm³/mol. The summed E-state index contributed by atoms with van der Waals surface area (Å²) in [4.78, 5) is 17.5. The Balaban J connectivity index is 2.22. The number of nitrogens with two attached hydrogens (primary N) is 1. The standard InChI is InChI=1S/C15H17FN4O/c1-10-5-3-4-6-11(10)9-20(2)15(21)12-7-8-18-14(19-17)13(12)16/h3-8H,9,17H2,1-2H3,(H,18,19). The third-order valence-electron chi connectivity index (χ3n) is 3.27. The number of hydrogen-bond acceptors (Lipinski definition) is 4. The van der Waals surface area contributed by atoms with Crippen molar-refractivity contribution in [3.63, 3.8) is 0 Å². The highest BCUT2D eigenvalue weighted by Crippen LogP contribution is 2.17. The predicted octanol–water partition coefficient (Wildman–Crippen LogP) is 2.09. The largest absolute Gasteiger partial charge is 0.337 e. The molecule has 110 valence electrons. The SMILES string of the molecule is Cc1ccccc1CN(C)C(=O)c1ccnc(NN)c1F. The lowest BCUT2D eigenvalue weighted by Crippen LogP contribution is -2.28. The van der Waals surface area contributed by atoms with Crippen molar-refractivity contribution in [1.82, 2.24) is 9.88 Å². The summed E-state index contributed by atoms with van der Waals surface area (Å²) in [5.41, 5.74) is 4.16. The molecule has 1 aromatic heterocycles. The Bertz CT molecular complexity index is 660. The van der Waals surface area contributed by atoms with Gasteiger partial charge in [-0.1, -0.05) is 24.3 Å². The number of nitrogens with one attached hydrogen (secondary N) is 1. The first-order chi connectivity index (χ1) is 10.0. The minimum absolute atomic E-state index is 0.0611. The van der Waals surface area contributed by atoms with Crippen LogP contribution in [0.25, 0.3) is 0 Å². The maximum absolute atomic E-state index is 14.0. The number of hydrogen-bond donors (Lipinski definition) is 2. The smallest absolute Gasteiger partial charge is 0.257 e. The molecule has 0 unspecified atom stereocenters. The lowest BCUT2D eigenvalue weighted by molar-refractivity contribution is 0.0780. The van der Waals surface area contributed by atoms with Crippen LogP contribution in [0.5, 0.6) is 0 Å². The van der Waals surface area contributed by atoms with Crippen LogP contribution in [0.15, 0.2) is 36.5 Å². The first kappa shape index (κ1) is 14.9. The van der Waals surface area contributed by atoms with Gasteiger partial charge in [-0.2, -0.15) is 0 Å². The van der Waals surface area contributed by atoms with E-state index in [0.29, 0.717) is 6.54 Å². The van der Waals surface area contributed by atoms with Gasteiger partial charge in [-0.25, -0.2) is 15.2 Å². The third-order valence-corrected chi connectivity index (χ3v) is 3.27. The van der Waals surface area contributed by atoms with E-state index >= 15 is 0 Å². The van der Waals surface area contributed by atoms with Gasteiger partial charge in [-0.15, -0.1) is 0 Å². The number of aromatic nitrogens is 1. The number of nitrogens with zero attached hydrogens (tertiary/aromatic N) is 2. The minimum Gasteiger partial charge on any atom is -0.337 e. The molecule has 1 amide bonds. The van der Waals surface area contributed by atoms with E-state index in [1.165, 1.54) is 17.2 Å². The maximum Gasteiger partial charge on any atom is 0.257 e. The van der Waals surface area contributed by atoms with Crippen LogP contribution in [0.1, 0.15) is 21.5 Å². The second-order valence-electron chi connectivity index (χ2n) is 4.75. The molecule has 5 nitrogen and oxygen atoms in total. The minimum atomic E-state index is -0.748. The number of amides is 1. The Hall–Kier alpha value is -2.47. The highest BCUT2D eigenvalue weighted by molar-refractivity contribution is 5.95. The molecule has 0 saturated heterocycles. The number of anilines is 1. The molecule has 3 N–H and O–H groups in total. The van der Waals surface area contributed by atoms with Gasteiger partial charge in [0.05, 0.1) is 5.56 Å². The van der Waals surface area contributed by atoms with Crippen molar-refractivity contribution in [1.29, 1.82) is 0 Å². The van der Waals surface area contributed by atoms with E-state index in [2.05, 4.69) is 10.4 Å². The van der Waals surface area contributed by atoms with Crippen LogP contribution in [0.4, 0.5) is 10.2 Å². The Kier molecular flexibility index (Phi) is 4.49. The molecule has 0 spiro atoms. The third kappa shape index (κ3) is 3.17. The molecule has 0 fully saturated rings. The summed E-state index contributed by atoms with van der Waals surface area (Å²) in [7, 11) is 1.63. The zero-order valence-corrected chi connectivity index (χ0v) is 11.9. The fourth-order valence-corrected chi connectivity index (χ4v) is 2.03. The molecule has 21 heavy (non-hydrogen) atoms. The van der Waals surface area contributed by atoms with Crippen LogP contribution in [0.2, 0.25) is 0 Å². The molecular formula is C15H17FN4O. The van der Waals surface area contributed by atoms with Crippen LogP contribution in [-0.4, -0.2) is 22.8 Å². The number of pyridine rings is 1. The second kappa shape index (κ2) is 6.32. The van der Waals surface area contributed by atoms with Crippen LogP contribution in [-0.2, 0) is 6.54 Å². The number of aryl methyl sites for hydroxylation is 1. The van der Waals surface area contributed by atoms with Gasteiger partial charge in [0.2, 0.25) is 0 Å². The van der Waals surface area contributed by atoms with Gasteiger partial charge >= 0.3 is 0 Å². The summed E-state index contributed by atoms with van der Waals surface area (Å²) in [6.45, 7) is 2.37. The van der Waals surface area contributed by atoms with Crippen LogP contribution >= 0.6 is 0 Å². The first-order valence-electron chi connectivity index (χ1n) is 6.45. The molecule has 0 aliphatic heterocycles. The second-order valence-corrected chi connectivity index (χ2v) is 4.75. The van der Waals surface area contributed by atoms with Gasteiger partial charge in [-0.3, -0.25) is 4.79 Å². The Labute approximate surface area is 122 Å². The monoisotopic (exact) mass is 288 g/mol. The zero-order valence-electron chi connectivity index (χ0n) is 11.9. The van der Waals surface area contributed by atoms with Gasteiger partial charge in [0.1, 0.15) is 0 Å². The van der Waals surface area contributed by atoms with E-state index in [0.717, 1.165) is 11.1 Å². The summed E-state index contributed by atoms with van der Waals surface area (Å²) >= 11 is 0. The number of carbonyl (C=O) groups is 1. The topological polar surface area (TPSA) is 71.2 Å². The van der Waals surface area contributed by atoms with Crippen molar-refractivity contribution in [3.05, 3.63) is 59.0 Å². The first-order valence-corrected chi connectivity index (χ1v) is 6.45. The van der Waals surface area contributed by atoms with Crippen molar-refractivity contribution in [3.8, 4) is 0 Å². The molecule has 1 heterocycles. The Morgan fingerprint density at radius 3 is 2.76 bits per heavy atom. The molecule has 0 saturated carbocycles. The fraction of sp³-hybridized carbons (Fsp3) is 0.200. The highest BCUT2D eigenvalue weighted by Gasteiger charge is 2.19. The van der Waals surface area contributed by atoms with Crippen molar-refractivity contribution < 1.29 is 9.18 Å². The highest BCUT2D eigenvalue weighted by atomic mass is 19.1. The van der Waals surface area contributed by atoms with Crippen LogP contribution < -0.4 is 11.3 Å². The average Bonchev–Trinajstić information content (AvgIpc) is 2.49. The lowest BCUT2D eigenvalue weighted by atomic mass is 10.1. The zero-order chi connectivity index (χ0) is 15.4.